The minimum absolute atomic E-state index is 0.0385. The number of halogens is 4. The van der Waals surface area contributed by atoms with Crippen molar-refractivity contribution in [3.05, 3.63) is 52.0 Å². The molecule has 3 aromatic heterocycles. The molecule has 2 fully saturated rings. The Morgan fingerprint density at radius 3 is 2.78 bits per heavy atom. The van der Waals surface area contributed by atoms with Crippen LogP contribution in [0.5, 0.6) is 0 Å². The Morgan fingerprint density at radius 2 is 2.05 bits per heavy atom. The van der Waals surface area contributed by atoms with Gasteiger partial charge < -0.3 is 24.6 Å². The Kier molecular flexibility index (Phi) is 7.05. The van der Waals surface area contributed by atoms with Gasteiger partial charge in [0.15, 0.2) is 0 Å². The van der Waals surface area contributed by atoms with Crippen molar-refractivity contribution in [1.29, 1.82) is 0 Å². The predicted molar refractivity (Wildman–Crippen MR) is 148 cm³/mol. The highest BCUT2D eigenvalue weighted by Gasteiger charge is 2.40. The van der Waals surface area contributed by atoms with Crippen LogP contribution >= 0.6 is 11.3 Å². The first-order valence-corrected chi connectivity index (χ1v) is 14.3. The second-order valence-electron chi connectivity index (χ2n) is 11.2. The molecule has 1 aliphatic heterocycles. The quantitative estimate of drug-likeness (QED) is 0.254. The number of benzene rings is 1. The van der Waals surface area contributed by atoms with Gasteiger partial charge in [-0.3, -0.25) is 4.79 Å². The van der Waals surface area contributed by atoms with Gasteiger partial charge >= 0.3 is 6.18 Å². The summed E-state index contributed by atoms with van der Waals surface area (Å²) >= 11 is 1.45. The molecule has 2 atom stereocenters. The van der Waals surface area contributed by atoms with Crippen LogP contribution in [0.25, 0.3) is 22.4 Å². The smallest absolute Gasteiger partial charge is 0.379 e. The van der Waals surface area contributed by atoms with Crippen molar-refractivity contribution in [3.8, 4) is 11.5 Å². The fourth-order valence-electron chi connectivity index (χ4n) is 5.26. The van der Waals surface area contributed by atoms with Crippen molar-refractivity contribution >= 4 is 33.8 Å². The molecule has 0 bridgehead atoms. The van der Waals surface area contributed by atoms with E-state index >= 15 is 0 Å². The van der Waals surface area contributed by atoms with E-state index < -0.39 is 24.9 Å². The number of piperidine rings is 1. The molecule has 2 N–H and O–H groups in total. The summed E-state index contributed by atoms with van der Waals surface area (Å²) in [6.07, 6.45) is -2.85. The normalized spacial score (nSPS) is 20.8. The Morgan fingerprint density at radius 1 is 1.24 bits per heavy atom. The zero-order chi connectivity index (χ0) is 28.9. The number of fused-ring (bicyclic) bond motifs is 1. The van der Waals surface area contributed by atoms with Crippen molar-refractivity contribution in [2.75, 3.05) is 25.5 Å². The number of anilines is 1. The van der Waals surface area contributed by atoms with Gasteiger partial charge in [0.2, 0.25) is 11.7 Å². The van der Waals surface area contributed by atoms with Gasteiger partial charge in [0, 0.05) is 34.5 Å². The van der Waals surface area contributed by atoms with Crippen LogP contribution in [0.4, 0.5) is 23.2 Å². The maximum absolute atomic E-state index is 14.7. The van der Waals surface area contributed by atoms with Crippen molar-refractivity contribution in [2.45, 2.75) is 63.1 Å². The monoisotopic (exact) mass is 590 g/mol. The number of nitrogens with one attached hydrogen (secondary N) is 2. The number of alkyl halides is 4. The van der Waals surface area contributed by atoms with Crippen molar-refractivity contribution < 1.29 is 26.9 Å². The van der Waals surface area contributed by atoms with Crippen LogP contribution in [0.2, 0.25) is 0 Å². The van der Waals surface area contributed by atoms with Crippen molar-refractivity contribution in [1.82, 2.24) is 24.9 Å². The maximum atomic E-state index is 14.7. The molecular weight excluding hydrogens is 560 g/mol. The van der Waals surface area contributed by atoms with Gasteiger partial charge in [-0.15, -0.1) is 11.3 Å². The van der Waals surface area contributed by atoms with Gasteiger partial charge in [0.1, 0.15) is 12.7 Å². The third-order valence-corrected chi connectivity index (χ3v) is 9.28. The van der Waals surface area contributed by atoms with Crippen LogP contribution in [-0.2, 0) is 18.5 Å². The number of likely N-dealkylation sites (tertiary alicyclic amines) is 1. The first-order chi connectivity index (χ1) is 19.5. The third kappa shape index (κ3) is 5.82. The molecule has 41 heavy (non-hydrogen) atoms. The number of hydrogen-bond acceptors (Lipinski definition) is 7. The van der Waals surface area contributed by atoms with E-state index in [4.69, 9.17) is 4.52 Å². The van der Waals surface area contributed by atoms with E-state index in [1.807, 2.05) is 18.0 Å². The van der Waals surface area contributed by atoms with Crippen LogP contribution < -0.4 is 10.6 Å². The predicted octanol–water partition coefficient (Wildman–Crippen LogP) is 5.75. The van der Waals surface area contributed by atoms with Gasteiger partial charge in [-0.05, 0) is 56.6 Å². The number of nitrogens with zero attached hydrogens (tertiary/aromatic N) is 4. The summed E-state index contributed by atoms with van der Waals surface area (Å²) in [5.74, 6) is -0.261. The van der Waals surface area contributed by atoms with Crippen LogP contribution in [0.15, 0.2) is 40.9 Å². The number of thiophene rings is 1. The molecule has 6 rings (SSSR count). The molecule has 218 valence electrons. The van der Waals surface area contributed by atoms with E-state index in [1.54, 1.807) is 30.3 Å². The molecule has 4 aromatic rings. The van der Waals surface area contributed by atoms with Crippen LogP contribution in [0, 0.1) is 0 Å². The molecule has 1 saturated carbocycles. The van der Waals surface area contributed by atoms with E-state index in [0.717, 1.165) is 17.4 Å². The molecule has 13 heteroatoms. The highest BCUT2D eigenvalue weighted by Crippen LogP contribution is 2.50. The van der Waals surface area contributed by atoms with Crippen LogP contribution in [-0.4, -0.2) is 64.0 Å². The third-order valence-electron chi connectivity index (χ3n) is 7.89. The number of carbonyl (C=O) groups is 1. The Hall–Kier alpha value is -3.45. The Labute approximate surface area is 237 Å². The average Bonchev–Trinajstić information content (AvgIpc) is 3.31. The number of aromatic nitrogens is 3. The summed E-state index contributed by atoms with van der Waals surface area (Å²) in [5, 5.41) is 10.4. The molecule has 1 amide bonds. The van der Waals surface area contributed by atoms with Crippen molar-refractivity contribution in [2.24, 2.45) is 0 Å². The summed E-state index contributed by atoms with van der Waals surface area (Å²) in [6, 6.07) is 9.81. The number of hydrogen-bond donors (Lipinski definition) is 2. The van der Waals surface area contributed by atoms with Gasteiger partial charge in [0.25, 0.3) is 5.91 Å². The number of rotatable bonds is 8. The highest BCUT2D eigenvalue weighted by atomic mass is 32.1. The topological polar surface area (TPSA) is 88.2 Å². The Bertz CT molecular complexity index is 1570. The molecular formula is C28H30F4N6O2S. The first-order valence-electron chi connectivity index (χ1n) is 13.5. The standard InChI is InChI=1S/C28H30F4N6O2S/c1-27(9-10-27)23-7-6-22(41-23)26(39)33-13-24-35-25(36-40-24)21-12-16-18(34-19-8-11-37(2)14-17(19)29)4-3-5-20(16)38(21)15-28(30,31)32/h3-7,12,17,19,34H,8-11,13-15H2,1-2H3,(H,33,39)/t17-,19+/m0/s1. The zero-order valence-electron chi connectivity index (χ0n) is 22.6. The van der Waals surface area contributed by atoms with Gasteiger partial charge in [-0.1, -0.05) is 18.1 Å². The van der Waals surface area contributed by atoms with E-state index in [0.29, 0.717) is 34.4 Å². The fourth-order valence-corrected chi connectivity index (χ4v) is 6.38. The lowest BCUT2D eigenvalue weighted by atomic mass is 10.0. The summed E-state index contributed by atoms with van der Waals surface area (Å²) in [6.45, 7) is 1.82. The Balaban J connectivity index is 1.24. The first kappa shape index (κ1) is 27.7. The van der Waals surface area contributed by atoms with E-state index in [-0.39, 0.29) is 41.8 Å². The van der Waals surface area contributed by atoms with Crippen molar-refractivity contribution in [3.63, 3.8) is 0 Å². The fraction of sp³-hybridized carbons (Fsp3) is 0.464. The second kappa shape index (κ2) is 10.4. The lowest BCUT2D eigenvalue weighted by Gasteiger charge is -2.33. The van der Waals surface area contributed by atoms with E-state index in [9.17, 15) is 22.4 Å². The molecule has 0 radical (unpaired) electrons. The molecule has 1 saturated heterocycles. The molecule has 1 aromatic carbocycles. The van der Waals surface area contributed by atoms with Crippen LogP contribution in [0.1, 0.15) is 46.6 Å². The minimum atomic E-state index is -4.51. The van der Waals surface area contributed by atoms with Gasteiger partial charge in [0.05, 0.1) is 28.7 Å². The maximum Gasteiger partial charge on any atom is 0.406 e. The van der Waals surface area contributed by atoms with Gasteiger partial charge in [-0.2, -0.15) is 18.2 Å². The largest absolute Gasteiger partial charge is 0.406 e. The number of amides is 1. The summed E-state index contributed by atoms with van der Waals surface area (Å²) < 4.78 is 62.1. The summed E-state index contributed by atoms with van der Waals surface area (Å²) in [7, 11) is 1.85. The minimum Gasteiger partial charge on any atom is -0.379 e. The second-order valence-corrected chi connectivity index (χ2v) is 12.3. The highest BCUT2D eigenvalue weighted by molar-refractivity contribution is 7.14. The average molecular weight is 591 g/mol. The molecule has 0 unspecified atom stereocenters. The van der Waals surface area contributed by atoms with E-state index in [2.05, 4.69) is 27.7 Å². The lowest BCUT2D eigenvalue weighted by molar-refractivity contribution is -0.139. The summed E-state index contributed by atoms with van der Waals surface area (Å²) in [5.41, 5.74) is 1.11. The lowest BCUT2D eigenvalue weighted by Crippen LogP contribution is -2.46. The number of carbonyl (C=O) groups excluding carboxylic acids is 1. The summed E-state index contributed by atoms with van der Waals surface area (Å²) in [4.78, 5) is 20.6. The van der Waals surface area contributed by atoms with Gasteiger partial charge in [-0.25, -0.2) is 4.39 Å². The van der Waals surface area contributed by atoms with E-state index in [1.165, 1.54) is 16.2 Å². The SMILES string of the molecule is CN1CC[C@@H](Nc2cccc3c2cc(-c2noc(CNC(=O)c4ccc(C5(C)CC5)s4)n2)n3CC(F)(F)F)[C@@H](F)C1. The molecule has 1 aliphatic carbocycles. The molecule has 4 heterocycles. The molecule has 0 spiro atoms. The molecule has 2 aliphatic rings. The van der Waals surface area contributed by atoms with Crippen LogP contribution in [0.3, 0.4) is 0 Å². The molecule has 8 nitrogen and oxygen atoms in total. The zero-order valence-corrected chi connectivity index (χ0v) is 23.4.